The number of hydrogen-bond donors (Lipinski definition) is 2. The summed E-state index contributed by atoms with van der Waals surface area (Å²) in [4.78, 5) is 20.0. The number of rotatable bonds is 3. The van der Waals surface area contributed by atoms with Crippen LogP contribution in [0.1, 0.15) is 10.5 Å². The first-order chi connectivity index (χ1) is 10.5. The molecule has 3 aromatic heterocycles. The molecule has 112 valence electrons. The molecule has 9 heteroatoms. The van der Waals surface area contributed by atoms with E-state index in [2.05, 4.69) is 20.4 Å². The molecule has 3 N–H and O–H groups in total. The van der Waals surface area contributed by atoms with Gasteiger partial charge >= 0.3 is 0 Å². The fourth-order valence-corrected chi connectivity index (χ4v) is 2.69. The number of aromatic nitrogens is 4. The van der Waals surface area contributed by atoms with E-state index in [0.29, 0.717) is 10.7 Å². The number of thiazole rings is 1. The van der Waals surface area contributed by atoms with Gasteiger partial charge in [0.1, 0.15) is 10.0 Å². The summed E-state index contributed by atoms with van der Waals surface area (Å²) in [5.74, 6) is -0.988. The average molecular weight is 318 g/mol. The summed E-state index contributed by atoms with van der Waals surface area (Å²) in [7, 11) is 1.73. The van der Waals surface area contributed by atoms with Crippen LogP contribution < -0.4 is 11.1 Å². The van der Waals surface area contributed by atoms with E-state index in [4.69, 9.17) is 5.73 Å². The van der Waals surface area contributed by atoms with Crippen LogP contribution in [0.3, 0.4) is 0 Å². The van der Waals surface area contributed by atoms with Crippen molar-refractivity contribution >= 4 is 27.9 Å². The number of anilines is 2. The van der Waals surface area contributed by atoms with Crippen LogP contribution in [-0.2, 0) is 7.05 Å². The van der Waals surface area contributed by atoms with Crippen LogP contribution in [0.25, 0.3) is 10.6 Å². The van der Waals surface area contributed by atoms with E-state index in [-0.39, 0.29) is 16.3 Å². The first kappa shape index (κ1) is 14.1. The number of carbonyl (C=O) groups excluding carboxylic acids is 1. The van der Waals surface area contributed by atoms with E-state index < -0.39 is 11.7 Å². The molecule has 3 aromatic rings. The molecule has 0 aromatic carbocycles. The molecule has 0 aliphatic carbocycles. The van der Waals surface area contributed by atoms with E-state index in [1.807, 2.05) is 0 Å². The quantitative estimate of drug-likeness (QED) is 0.768. The minimum atomic E-state index is -0.518. The number of hydrogen-bond acceptors (Lipinski definition) is 6. The molecule has 0 saturated carbocycles. The van der Waals surface area contributed by atoms with Gasteiger partial charge in [-0.2, -0.15) is 5.10 Å². The highest BCUT2D eigenvalue weighted by Gasteiger charge is 2.19. The van der Waals surface area contributed by atoms with Crippen molar-refractivity contribution in [1.82, 2.24) is 19.7 Å². The molecule has 1 amide bonds. The Morgan fingerprint density at radius 1 is 1.45 bits per heavy atom. The summed E-state index contributed by atoms with van der Waals surface area (Å²) < 4.78 is 15.3. The molecule has 0 aliphatic rings. The van der Waals surface area contributed by atoms with Crippen LogP contribution in [0.4, 0.5) is 15.1 Å². The Bertz CT molecular complexity index is 843. The maximum atomic E-state index is 13.7. The molecule has 0 unspecified atom stereocenters. The Kier molecular flexibility index (Phi) is 3.55. The van der Waals surface area contributed by atoms with E-state index >= 15 is 0 Å². The molecule has 0 fully saturated rings. The number of nitrogens with one attached hydrogen (secondary N) is 1. The largest absolute Gasteiger partial charge is 0.389 e. The third-order valence-electron chi connectivity index (χ3n) is 2.83. The minimum Gasteiger partial charge on any atom is -0.389 e. The van der Waals surface area contributed by atoms with Crippen molar-refractivity contribution in [1.29, 1.82) is 0 Å². The first-order valence-electron chi connectivity index (χ1n) is 6.21. The fraction of sp³-hybridized carbons (Fsp3) is 0.0769. The average Bonchev–Trinajstić information content (AvgIpc) is 3.05. The van der Waals surface area contributed by atoms with Gasteiger partial charge in [-0.15, -0.1) is 0 Å². The lowest BCUT2D eigenvalue weighted by Crippen LogP contribution is -2.13. The Morgan fingerprint density at radius 3 is 2.95 bits per heavy atom. The SMILES string of the molecule is Cn1cc(NC(=O)c2nc(-c3ccncc3F)sc2N)cn1. The monoisotopic (exact) mass is 318 g/mol. The predicted molar refractivity (Wildman–Crippen MR) is 80.9 cm³/mol. The summed E-state index contributed by atoms with van der Waals surface area (Å²) in [5.41, 5.74) is 6.66. The number of halogens is 1. The Hall–Kier alpha value is -2.81. The molecule has 0 aliphatic heterocycles. The Morgan fingerprint density at radius 2 is 2.27 bits per heavy atom. The second kappa shape index (κ2) is 5.53. The zero-order chi connectivity index (χ0) is 15.7. The molecular weight excluding hydrogens is 307 g/mol. The lowest BCUT2D eigenvalue weighted by atomic mass is 10.3. The van der Waals surface area contributed by atoms with Gasteiger partial charge in [-0.3, -0.25) is 14.5 Å². The minimum absolute atomic E-state index is 0.0556. The van der Waals surface area contributed by atoms with Crippen molar-refractivity contribution in [3.8, 4) is 10.6 Å². The second-order valence-electron chi connectivity index (χ2n) is 4.44. The second-order valence-corrected chi connectivity index (χ2v) is 5.47. The molecule has 7 nitrogen and oxygen atoms in total. The number of pyridine rings is 1. The molecule has 3 rings (SSSR count). The van der Waals surface area contributed by atoms with Gasteiger partial charge in [0.05, 0.1) is 18.1 Å². The zero-order valence-electron chi connectivity index (χ0n) is 11.4. The van der Waals surface area contributed by atoms with Gasteiger partial charge in [-0.25, -0.2) is 9.37 Å². The van der Waals surface area contributed by atoms with Gasteiger partial charge in [0.15, 0.2) is 11.5 Å². The van der Waals surface area contributed by atoms with Gasteiger partial charge in [0.25, 0.3) is 5.91 Å². The molecule has 0 spiro atoms. The first-order valence-corrected chi connectivity index (χ1v) is 7.02. The molecule has 0 atom stereocenters. The third-order valence-corrected chi connectivity index (χ3v) is 3.75. The van der Waals surface area contributed by atoms with Crippen LogP contribution in [-0.4, -0.2) is 25.7 Å². The number of nitrogens with zero attached hydrogens (tertiary/aromatic N) is 4. The van der Waals surface area contributed by atoms with E-state index in [1.165, 1.54) is 18.5 Å². The fourth-order valence-electron chi connectivity index (χ4n) is 1.83. The number of carbonyl (C=O) groups is 1. The topological polar surface area (TPSA) is 98.7 Å². The van der Waals surface area contributed by atoms with Crippen LogP contribution >= 0.6 is 11.3 Å². The van der Waals surface area contributed by atoms with Gasteiger partial charge in [-0.1, -0.05) is 11.3 Å². The van der Waals surface area contributed by atoms with Crippen molar-refractivity contribution in [3.05, 3.63) is 42.4 Å². The van der Waals surface area contributed by atoms with E-state index in [1.54, 1.807) is 17.9 Å². The van der Waals surface area contributed by atoms with Crippen molar-refractivity contribution in [2.75, 3.05) is 11.1 Å². The third kappa shape index (κ3) is 2.66. The molecular formula is C13H11FN6OS. The number of nitrogen functional groups attached to an aromatic ring is 1. The normalized spacial score (nSPS) is 10.6. The zero-order valence-corrected chi connectivity index (χ0v) is 12.3. The molecule has 22 heavy (non-hydrogen) atoms. The van der Waals surface area contributed by atoms with Crippen LogP contribution in [0.5, 0.6) is 0 Å². The summed E-state index contributed by atoms with van der Waals surface area (Å²) in [6, 6.07) is 1.48. The van der Waals surface area contributed by atoms with Crippen LogP contribution in [0.15, 0.2) is 30.9 Å². The van der Waals surface area contributed by atoms with E-state index in [9.17, 15) is 9.18 Å². The molecule has 3 heterocycles. The number of nitrogens with two attached hydrogens (primary N) is 1. The maximum Gasteiger partial charge on any atom is 0.277 e. The highest BCUT2D eigenvalue weighted by molar-refractivity contribution is 7.19. The van der Waals surface area contributed by atoms with Crippen LogP contribution in [0, 0.1) is 5.82 Å². The summed E-state index contributed by atoms with van der Waals surface area (Å²) >= 11 is 1.04. The summed E-state index contributed by atoms with van der Waals surface area (Å²) in [6.45, 7) is 0. The molecule has 0 radical (unpaired) electrons. The number of amides is 1. The summed E-state index contributed by atoms with van der Waals surface area (Å²) in [5, 5.41) is 7.12. The van der Waals surface area contributed by atoms with Gasteiger partial charge in [0.2, 0.25) is 0 Å². The predicted octanol–water partition coefficient (Wildman–Crippen LogP) is 1.91. The van der Waals surface area contributed by atoms with Crippen molar-refractivity contribution in [2.45, 2.75) is 0 Å². The van der Waals surface area contributed by atoms with Gasteiger partial charge < -0.3 is 11.1 Å². The lowest BCUT2D eigenvalue weighted by Gasteiger charge is -1.99. The van der Waals surface area contributed by atoms with Crippen LogP contribution in [0.2, 0.25) is 0 Å². The Labute approximate surface area is 128 Å². The highest BCUT2D eigenvalue weighted by Crippen LogP contribution is 2.31. The van der Waals surface area contributed by atoms with E-state index in [0.717, 1.165) is 17.5 Å². The maximum absolute atomic E-state index is 13.7. The molecule has 0 bridgehead atoms. The van der Waals surface area contributed by atoms with Gasteiger partial charge in [-0.05, 0) is 6.07 Å². The standard InChI is InChI=1S/C13H11FN6OS/c1-20-6-7(4-17-20)18-12(21)10-11(15)22-13(19-10)8-2-3-16-5-9(8)14/h2-6H,15H2,1H3,(H,18,21). The van der Waals surface area contributed by atoms with Crippen molar-refractivity contribution in [3.63, 3.8) is 0 Å². The molecule has 0 saturated heterocycles. The van der Waals surface area contributed by atoms with Crippen molar-refractivity contribution in [2.24, 2.45) is 7.05 Å². The summed E-state index contributed by atoms with van der Waals surface area (Å²) in [6.07, 6.45) is 5.68. The smallest absolute Gasteiger partial charge is 0.277 e. The lowest BCUT2D eigenvalue weighted by molar-refractivity contribution is 0.102. The number of aryl methyl sites for hydroxylation is 1. The highest BCUT2D eigenvalue weighted by atomic mass is 32.1. The Balaban J connectivity index is 1.89. The van der Waals surface area contributed by atoms with Crippen molar-refractivity contribution < 1.29 is 9.18 Å². The van der Waals surface area contributed by atoms with Gasteiger partial charge in [0, 0.05) is 25.0 Å².